The Kier molecular flexibility index (Phi) is 3.93. The highest BCUT2D eigenvalue weighted by molar-refractivity contribution is 5.92. The zero-order valence-electron chi connectivity index (χ0n) is 14.4. The lowest BCUT2D eigenvalue weighted by molar-refractivity contribution is -0.199. The number of ether oxygens (including phenoxy) is 1. The minimum atomic E-state index is -0.222. The number of benzene rings is 1. The van der Waals surface area contributed by atoms with Gasteiger partial charge in [-0.3, -0.25) is 0 Å². The van der Waals surface area contributed by atoms with Gasteiger partial charge in [-0.05, 0) is 38.3 Å². The van der Waals surface area contributed by atoms with Gasteiger partial charge in [-0.1, -0.05) is 12.1 Å². The van der Waals surface area contributed by atoms with Gasteiger partial charge in [0, 0.05) is 36.9 Å². The molecule has 1 N–H and O–H groups in total. The highest BCUT2D eigenvalue weighted by Gasteiger charge is 2.56. The largest absolute Gasteiger partial charge is 0.392 e. The number of aliphatic hydroxyl groups excluding tert-OH is 1. The van der Waals surface area contributed by atoms with Crippen LogP contribution in [0.1, 0.15) is 31.7 Å². The molecule has 5 heteroatoms. The van der Waals surface area contributed by atoms with Crippen LogP contribution in [0.25, 0.3) is 10.9 Å². The van der Waals surface area contributed by atoms with E-state index in [0.29, 0.717) is 0 Å². The molecule has 2 heterocycles. The van der Waals surface area contributed by atoms with Crippen molar-refractivity contribution in [1.82, 2.24) is 9.97 Å². The summed E-state index contributed by atoms with van der Waals surface area (Å²) in [6.45, 7) is 6.67. The fraction of sp³-hybridized carbons (Fsp3) is 0.579. The summed E-state index contributed by atoms with van der Waals surface area (Å²) in [5.41, 5.74) is 2.15. The maximum Gasteiger partial charge on any atom is 0.140 e. The van der Waals surface area contributed by atoms with Crippen LogP contribution in [0, 0.1) is 12.3 Å². The smallest absolute Gasteiger partial charge is 0.140 e. The van der Waals surface area contributed by atoms with Crippen LogP contribution in [0.15, 0.2) is 24.5 Å². The second-order valence-electron chi connectivity index (χ2n) is 7.08. The predicted molar refractivity (Wildman–Crippen MR) is 94.2 cm³/mol. The summed E-state index contributed by atoms with van der Waals surface area (Å²) in [7, 11) is 0. The molecule has 2 aromatic rings. The van der Waals surface area contributed by atoms with Gasteiger partial charge >= 0.3 is 0 Å². The molecule has 1 aromatic heterocycles. The molecule has 0 radical (unpaired) electrons. The Morgan fingerprint density at radius 2 is 2.08 bits per heavy atom. The van der Waals surface area contributed by atoms with Crippen LogP contribution in [-0.2, 0) is 4.74 Å². The van der Waals surface area contributed by atoms with E-state index in [4.69, 9.17) is 4.74 Å². The topological polar surface area (TPSA) is 58.5 Å². The minimum absolute atomic E-state index is 0.0512. The summed E-state index contributed by atoms with van der Waals surface area (Å²) in [6, 6.07) is 6.19. The van der Waals surface area contributed by atoms with E-state index in [1.165, 1.54) is 5.56 Å². The number of aromatic nitrogens is 2. The van der Waals surface area contributed by atoms with E-state index in [1.807, 2.05) is 19.1 Å². The lowest BCUT2D eigenvalue weighted by Crippen LogP contribution is -2.62. The molecule has 0 unspecified atom stereocenters. The van der Waals surface area contributed by atoms with Gasteiger partial charge < -0.3 is 14.7 Å². The molecule has 2 atom stereocenters. The van der Waals surface area contributed by atoms with Crippen LogP contribution in [-0.4, -0.2) is 47.0 Å². The first-order valence-corrected chi connectivity index (χ1v) is 8.90. The van der Waals surface area contributed by atoms with E-state index in [-0.39, 0.29) is 17.6 Å². The number of nitrogens with zero attached hydrogens (tertiary/aromatic N) is 3. The van der Waals surface area contributed by atoms with Crippen LogP contribution in [0.3, 0.4) is 0 Å². The highest BCUT2D eigenvalue weighted by Crippen LogP contribution is 2.51. The fourth-order valence-corrected chi connectivity index (χ4v) is 4.45. The SMILES string of the molecule is CCO[C@H]1C[C@H](O)C12CCN(c1ncnc3cccc(C)c13)CC2. The highest BCUT2D eigenvalue weighted by atomic mass is 16.5. The Morgan fingerprint density at radius 1 is 1.29 bits per heavy atom. The molecule has 1 aromatic carbocycles. The molecule has 1 spiro atoms. The van der Waals surface area contributed by atoms with Crippen LogP contribution < -0.4 is 4.90 Å². The number of anilines is 1. The van der Waals surface area contributed by atoms with Crippen molar-refractivity contribution in [1.29, 1.82) is 0 Å². The Balaban J connectivity index is 1.59. The zero-order valence-corrected chi connectivity index (χ0v) is 14.4. The van der Waals surface area contributed by atoms with Gasteiger partial charge in [0.2, 0.25) is 0 Å². The molecule has 1 aliphatic carbocycles. The monoisotopic (exact) mass is 327 g/mol. The fourth-order valence-electron chi connectivity index (χ4n) is 4.45. The number of aliphatic hydroxyl groups is 1. The first kappa shape index (κ1) is 15.8. The van der Waals surface area contributed by atoms with Gasteiger partial charge in [-0.25, -0.2) is 9.97 Å². The van der Waals surface area contributed by atoms with E-state index in [1.54, 1.807) is 6.33 Å². The molecular formula is C19H25N3O2. The van der Waals surface area contributed by atoms with Gasteiger partial charge in [0.05, 0.1) is 17.7 Å². The van der Waals surface area contributed by atoms with Crippen molar-refractivity contribution in [2.45, 2.75) is 45.3 Å². The van der Waals surface area contributed by atoms with Crippen molar-refractivity contribution in [2.75, 3.05) is 24.6 Å². The Labute approximate surface area is 142 Å². The molecule has 24 heavy (non-hydrogen) atoms. The second kappa shape index (κ2) is 5.97. The molecule has 1 saturated heterocycles. The van der Waals surface area contributed by atoms with E-state index in [0.717, 1.165) is 55.7 Å². The molecule has 1 aliphatic heterocycles. The van der Waals surface area contributed by atoms with Crippen molar-refractivity contribution in [3.63, 3.8) is 0 Å². The van der Waals surface area contributed by atoms with Crippen LogP contribution in [0.5, 0.6) is 0 Å². The minimum Gasteiger partial charge on any atom is -0.392 e. The third-order valence-corrected chi connectivity index (χ3v) is 5.96. The summed E-state index contributed by atoms with van der Waals surface area (Å²) in [4.78, 5) is 11.3. The number of aryl methyl sites for hydroxylation is 1. The first-order chi connectivity index (χ1) is 11.7. The average Bonchev–Trinajstić information content (AvgIpc) is 2.61. The second-order valence-corrected chi connectivity index (χ2v) is 7.08. The number of hydrogen-bond acceptors (Lipinski definition) is 5. The summed E-state index contributed by atoms with van der Waals surface area (Å²) in [5, 5.41) is 11.5. The van der Waals surface area contributed by atoms with E-state index in [9.17, 15) is 5.11 Å². The van der Waals surface area contributed by atoms with Gasteiger partial charge in [-0.2, -0.15) is 0 Å². The average molecular weight is 327 g/mol. The number of fused-ring (bicyclic) bond motifs is 1. The standard InChI is InChI=1S/C19H25N3O2/c1-3-24-16-11-15(23)19(16)7-9-22(10-8-19)18-17-13(2)5-4-6-14(17)20-12-21-18/h4-6,12,15-16,23H,3,7-11H2,1-2H3/t15-,16-/m0/s1. The number of rotatable bonds is 3. The van der Waals surface area contributed by atoms with E-state index >= 15 is 0 Å². The van der Waals surface area contributed by atoms with Crippen molar-refractivity contribution in [2.24, 2.45) is 5.41 Å². The lowest BCUT2D eigenvalue weighted by Gasteiger charge is -2.56. The molecular weight excluding hydrogens is 302 g/mol. The Morgan fingerprint density at radius 3 is 2.79 bits per heavy atom. The normalized spacial score (nSPS) is 25.9. The molecule has 128 valence electrons. The van der Waals surface area contributed by atoms with Crippen LogP contribution in [0.4, 0.5) is 5.82 Å². The number of piperidine rings is 1. The summed E-state index contributed by atoms with van der Waals surface area (Å²) >= 11 is 0. The van der Waals surface area contributed by atoms with Gasteiger partial charge in [0.1, 0.15) is 12.1 Å². The van der Waals surface area contributed by atoms with Gasteiger partial charge in [-0.15, -0.1) is 0 Å². The van der Waals surface area contributed by atoms with Crippen LogP contribution >= 0.6 is 0 Å². The quantitative estimate of drug-likeness (QED) is 0.939. The van der Waals surface area contributed by atoms with Gasteiger partial charge in [0.15, 0.2) is 0 Å². The predicted octanol–water partition coefficient (Wildman–Crippen LogP) is 2.69. The van der Waals surface area contributed by atoms with E-state index in [2.05, 4.69) is 27.9 Å². The molecule has 2 fully saturated rings. The molecule has 4 rings (SSSR count). The summed E-state index contributed by atoms with van der Waals surface area (Å²) in [5.74, 6) is 1.02. The van der Waals surface area contributed by atoms with Crippen molar-refractivity contribution in [3.05, 3.63) is 30.1 Å². The Bertz CT molecular complexity index is 733. The van der Waals surface area contributed by atoms with Crippen molar-refractivity contribution >= 4 is 16.7 Å². The number of hydrogen-bond donors (Lipinski definition) is 1. The van der Waals surface area contributed by atoms with Crippen molar-refractivity contribution in [3.8, 4) is 0 Å². The summed E-state index contributed by atoms with van der Waals surface area (Å²) in [6.07, 6.45) is 4.34. The molecule has 5 nitrogen and oxygen atoms in total. The van der Waals surface area contributed by atoms with Crippen molar-refractivity contribution < 1.29 is 9.84 Å². The molecule has 0 bridgehead atoms. The maximum atomic E-state index is 10.4. The zero-order chi connectivity index (χ0) is 16.7. The summed E-state index contributed by atoms with van der Waals surface area (Å²) < 4.78 is 5.87. The van der Waals surface area contributed by atoms with Gasteiger partial charge in [0.25, 0.3) is 0 Å². The van der Waals surface area contributed by atoms with Crippen LogP contribution in [0.2, 0.25) is 0 Å². The van der Waals surface area contributed by atoms with E-state index < -0.39 is 0 Å². The molecule has 1 saturated carbocycles. The third kappa shape index (κ3) is 2.30. The maximum absolute atomic E-state index is 10.4. The molecule has 0 amide bonds. The third-order valence-electron chi connectivity index (χ3n) is 5.96. The molecule has 2 aliphatic rings. The Hall–Kier alpha value is -1.72. The lowest BCUT2D eigenvalue weighted by atomic mass is 9.58. The first-order valence-electron chi connectivity index (χ1n) is 8.90.